The normalized spacial score (nSPS) is 19.9. The Hall–Kier alpha value is -3.03. The Morgan fingerprint density at radius 1 is 1.20 bits per heavy atom. The number of aromatic nitrogens is 1. The molecule has 0 radical (unpaired) electrons. The van der Waals surface area contributed by atoms with Crippen LogP contribution in [-0.2, 0) is 16.0 Å². The number of para-hydroxylation sites is 1. The second-order valence-electron chi connectivity index (χ2n) is 7.53. The van der Waals surface area contributed by atoms with E-state index in [1.54, 1.807) is 16.2 Å². The highest BCUT2D eigenvalue weighted by molar-refractivity contribution is 7.10. The molecular weight excluding hydrogens is 398 g/mol. The predicted octanol–water partition coefficient (Wildman–Crippen LogP) is 3.11. The average Bonchev–Trinajstić information content (AvgIpc) is 3.42. The first-order valence-electron chi connectivity index (χ1n) is 9.98. The summed E-state index contributed by atoms with van der Waals surface area (Å²) in [4.78, 5) is 33.0. The van der Waals surface area contributed by atoms with Gasteiger partial charge < -0.3 is 15.4 Å². The van der Waals surface area contributed by atoms with Crippen molar-refractivity contribution >= 4 is 45.7 Å². The highest BCUT2D eigenvalue weighted by Gasteiger charge is 2.33. The molecule has 0 saturated carbocycles. The maximum Gasteiger partial charge on any atom is 0.255 e. The van der Waals surface area contributed by atoms with E-state index in [9.17, 15) is 9.59 Å². The molecule has 1 aromatic carbocycles. The number of nitrogens with zero attached hydrogens (tertiary/aromatic N) is 2. The summed E-state index contributed by atoms with van der Waals surface area (Å²) >= 11 is 1.69. The number of carbonyl (C=O) groups excluding carboxylic acids is 2. The first kappa shape index (κ1) is 19.0. The molecule has 3 heterocycles. The van der Waals surface area contributed by atoms with Gasteiger partial charge in [0.05, 0.1) is 29.9 Å². The van der Waals surface area contributed by atoms with Crippen molar-refractivity contribution in [2.45, 2.75) is 18.9 Å². The molecule has 2 aliphatic rings. The number of morpholine rings is 1. The van der Waals surface area contributed by atoms with E-state index >= 15 is 0 Å². The summed E-state index contributed by atoms with van der Waals surface area (Å²) in [5.74, 6) is -0.629. The molecule has 3 aromatic rings. The fourth-order valence-corrected chi connectivity index (χ4v) is 4.91. The monoisotopic (exact) mass is 419 g/mol. The fraction of sp³-hybridized carbons (Fsp3) is 0.261. The fourth-order valence-electron chi connectivity index (χ4n) is 4.23. The minimum absolute atomic E-state index is 0.0863. The van der Waals surface area contributed by atoms with Crippen molar-refractivity contribution in [3.05, 3.63) is 63.5 Å². The highest BCUT2D eigenvalue weighted by Crippen LogP contribution is 2.38. The zero-order valence-corrected chi connectivity index (χ0v) is 17.2. The van der Waals surface area contributed by atoms with Crippen LogP contribution in [0.25, 0.3) is 22.6 Å². The van der Waals surface area contributed by atoms with Crippen LogP contribution >= 0.6 is 11.3 Å². The van der Waals surface area contributed by atoms with Gasteiger partial charge >= 0.3 is 0 Å². The van der Waals surface area contributed by atoms with Crippen LogP contribution in [0.2, 0.25) is 0 Å². The van der Waals surface area contributed by atoms with Gasteiger partial charge in [0.25, 0.3) is 5.91 Å². The Morgan fingerprint density at radius 2 is 2.07 bits per heavy atom. The van der Waals surface area contributed by atoms with Crippen LogP contribution in [0.5, 0.6) is 0 Å². The minimum atomic E-state index is -0.766. The predicted molar refractivity (Wildman–Crippen MR) is 117 cm³/mol. The Balaban J connectivity index is 1.62. The Kier molecular flexibility index (Phi) is 4.84. The number of primary amides is 1. The Labute approximate surface area is 178 Å². The topological polar surface area (TPSA) is 85.5 Å². The number of benzene rings is 1. The molecule has 2 amide bonds. The average molecular weight is 420 g/mol. The molecule has 1 unspecified atom stereocenters. The molecule has 0 bridgehead atoms. The van der Waals surface area contributed by atoms with Gasteiger partial charge in [-0.05, 0) is 47.6 Å². The van der Waals surface area contributed by atoms with Crippen LogP contribution in [0, 0.1) is 0 Å². The molecule has 6 nitrogen and oxygen atoms in total. The van der Waals surface area contributed by atoms with Gasteiger partial charge in [-0.2, -0.15) is 0 Å². The van der Waals surface area contributed by atoms with Crippen molar-refractivity contribution in [3.63, 3.8) is 0 Å². The third-order valence-corrected chi connectivity index (χ3v) is 6.51. The Bertz CT molecular complexity index is 1170. The zero-order valence-electron chi connectivity index (χ0n) is 16.3. The second-order valence-corrected chi connectivity index (χ2v) is 8.51. The lowest BCUT2D eigenvalue weighted by atomic mass is 9.99. The van der Waals surface area contributed by atoms with Crippen LogP contribution in [0.3, 0.4) is 0 Å². The number of hydrogen-bond acceptors (Lipinski definition) is 5. The van der Waals surface area contributed by atoms with Gasteiger partial charge in [0.2, 0.25) is 5.91 Å². The van der Waals surface area contributed by atoms with Crippen LogP contribution in [0.4, 0.5) is 0 Å². The number of thiophene rings is 1. The number of hydrogen-bond donors (Lipinski definition) is 1. The maximum absolute atomic E-state index is 13.6. The van der Waals surface area contributed by atoms with Gasteiger partial charge in [0.1, 0.15) is 0 Å². The smallest absolute Gasteiger partial charge is 0.255 e. The molecule has 7 heteroatoms. The first-order valence-corrected chi connectivity index (χ1v) is 10.9. The number of allylic oxidation sites excluding steroid dienone is 1. The van der Waals surface area contributed by atoms with Crippen LogP contribution in [-0.4, -0.2) is 47.5 Å². The lowest BCUT2D eigenvalue weighted by molar-refractivity contribution is -0.133. The Morgan fingerprint density at radius 3 is 2.87 bits per heavy atom. The van der Waals surface area contributed by atoms with Crippen molar-refractivity contribution in [3.8, 4) is 0 Å². The van der Waals surface area contributed by atoms with E-state index in [0.29, 0.717) is 18.7 Å². The summed E-state index contributed by atoms with van der Waals surface area (Å²) in [6.45, 7) is 0.914. The van der Waals surface area contributed by atoms with Crippen LogP contribution in [0.15, 0.2) is 41.8 Å². The van der Waals surface area contributed by atoms with Gasteiger partial charge in [-0.15, -0.1) is 11.3 Å². The summed E-state index contributed by atoms with van der Waals surface area (Å²) in [6.07, 6.45) is 3.03. The maximum atomic E-state index is 13.6. The molecule has 2 N–H and O–H groups in total. The van der Waals surface area contributed by atoms with Gasteiger partial charge in [-0.3, -0.25) is 9.59 Å². The van der Waals surface area contributed by atoms with Crippen LogP contribution < -0.4 is 5.73 Å². The van der Waals surface area contributed by atoms with Crippen molar-refractivity contribution in [2.75, 3.05) is 19.7 Å². The van der Waals surface area contributed by atoms with Crippen LogP contribution in [0.1, 0.15) is 32.9 Å². The summed E-state index contributed by atoms with van der Waals surface area (Å²) in [5, 5.41) is 2.90. The van der Waals surface area contributed by atoms with E-state index < -0.39 is 12.0 Å². The SMILES string of the molecule is NC(=O)C1CN(C(=O)c2c3c(nc4ccccc24)/C(=C\c2cccs2)CC3)CCO1. The number of carbonyl (C=O) groups is 2. The van der Waals surface area contributed by atoms with Gasteiger partial charge in [0, 0.05) is 16.8 Å². The van der Waals surface area contributed by atoms with Crippen molar-refractivity contribution in [1.82, 2.24) is 9.88 Å². The van der Waals surface area contributed by atoms with E-state index in [1.165, 1.54) is 4.88 Å². The van der Waals surface area contributed by atoms with E-state index in [4.69, 9.17) is 15.5 Å². The van der Waals surface area contributed by atoms with Gasteiger partial charge in [0.15, 0.2) is 6.10 Å². The summed E-state index contributed by atoms with van der Waals surface area (Å²) in [6, 6.07) is 11.9. The molecular formula is C23H21N3O3S. The molecule has 1 aliphatic heterocycles. The molecule has 5 rings (SSSR count). The van der Waals surface area contributed by atoms with Crippen molar-refractivity contribution in [2.24, 2.45) is 5.73 Å². The molecule has 0 spiro atoms. The van der Waals surface area contributed by atoms with Crippen molar-refractivity contribution < 1.29 is 14.3 Å². The quantitative estimate of drug-likeness (QED) is 0.707. The number of ether oxygens (including phenoxy) is 1. The first-order chi connectivity index (χ1) is 14.6. The molecule has 1 fully saturated rings. The molecule has 30 heavy (non-hydrogen) atoms. The third kappa shape index (κ3) is 3.30. The summed E-state index contributed by atoms with van der Waals surface area (Å²) in [5.41, 5.74) is 9.96. The van der Waals surface area contributed by atoms with Gasteiger partial charge in [-0.25, -0.2) is 4.98 Å². The molecule has 2 aromatic heterocycles. The number of rotatable bonds is 3. The zero-order chi connectivity index (χ0) is 20.7. The molecule has 1 aliphatic carbocycles. The van der Waals surface area contributed by atoms with E-state index in [-0.39, 0.29) is 12.5 Å². The summed E-state index contributed by atoms with van der Waals surface area (Å²) in [7, 11) is 0. The lowest BCUT2D eigenvalue weighted by Gasteiger charge is -2.32. The highest BCUT2D eigenvalue weighted by atomic mass is 32.1. The summed E-state index contributed by atoms with van der Waals surface area (Å²) < 4.78 is 5.42. The lowest BCUT2D eigenvalue weighted by Crippen LogP contribution is -2.50. The number of amides is 2. The minimum Gasteiger partial charge on any atom is -0.367 e. The molecule has 152 valence electrons. The second kappa shape index (κ2) is 7.66. The number of fused-ring (bicyclic) bond motifs is 2. The van der Waals surface area contributed by atoms with E-state index in [0.717, 1.165) is 40.6 Å². The van der Waals surface area contributed by atoms with Gasteiger partial charge in [-0.1, -0.05) is 24.3 Å². The molecule has 1 saturated heterocycles. The number of pyridine rings is 1. The molecule has 1 atom stereocenters. The standard InChI is InChI=1S/C23H21N3O3S/c24-22(27)19-13-26(9-10-29-19)23(28)20-16-5-1-2-6-18(16)25-21-14(7-8-17(20)21)12-15-4-3-11-30-15/h1-6,11-12,19H,7-10,13H2,(H2,24,27)/b14-12-. The van der Waals surface area contributed by atoms with Crippen molar-refractivity contribution in [1.29, 1.82) is 0 Å². The van der Waals surface area contributed by atoms with E-state index in [1.807, 2.05) is 30.3 Å². The van der Waals surface area contributed by atoms with E-state index in [2.05, 4.69) is 17.5 Å². The number of nitrogens with two attached hydrogens (primary N) is 1. The third-order valence-electron chi connectivity index (χ3n) is 5.69. The largest absolute Gasteiger partial charge is 0.367 e.